The van der Waals surface area contributed by atoms with Crippen molar-refractivity contribution in [3.8, 4) is 0 Å². The molecule has 2 aromatic rings. The van der Waals surface area contributed by atoms with Crippen LogP contribution >= 0.6 is 0 Å². The third-order valence-electron chi connectivity index (χ3n) is 5.83. The molecular formula is C20H19N3O3. The minimum absolute atomic E-state index is 0.0595. The van der Waals surface area contributed by atoms with Gasteiger partial charge in [0.05, 0.1) is 25.1 Å². The van der Waals surface area contributed by atoms with Crippen LogP contribution in [0.2, 0.25) is 0 Å². The zero-order chi connectivity index (χ0) is 17.7. The molecule has 132 valence electrons. The Labute approximate surface area is 151 Å². The lowest BCUT2D eigenvalue weighted by Gasteiger charge is -2.33. The third-order valence-corrected chi connectivity index (χ3v) is 5.83. The highest BCUT2D eigenvalue weighted by Gasteiger charge is 2.65. The van der Waals surface area contributed by atoms with Crippen LogP contribution in [-0.2, 0) is 9.53 Å². The number of amides is 2. The lowest BCUT2D eigenvalue weighted by atomic mass is 10.0. The first-order valence-electron chi connectivity index (χ1n) is 8.93. The Morgan fingerprint density at radius 3 is 2.69 bits per heavy atom. The van der Waals surface area contributed by atoms with Gasteiger partial charge < -0.3 is 14.5 Å². The van der Waals surface area contributed by atoms with Crippen LogP contribution < -0.4 is 0 Å². The summed E-state index contributed by atoms with van der Waals surface area (Å²) in [5, 5.41) is 0. The SMILES string of the molecule is O=C(c1ccncc1)N1CC[C@@]23OC[C@@H](c4ccccc4)N2C(=O)C[C@@H]13. The summed E-state index contributed by atoms with van der Waals surface area (Å²) < 4.78 is 6.24. The van der Waals surface area contributed by atoms with Gasteiger partial charge in [0.25, 0.3) is 5.91 Å². The number of nitrogens with zero attached hydrogens (tertiary/aromatic N) is 3. The maximum absolute atomic E-state index is 12.9. The second kappa shape index (κ2) is 5.64. The molecule has 3 saturated heterocycles. The van der Waals surface area contributed by atoms with E-state index in [0.717, 1.165) is 5.56 Å². The van der Waals surface area contributed by atoms with Gasteiger partial charge in [-0.2, -0.15) is 0 Å². The predicted molar refractivity (Wildman–Crippen MR) is 93.0 cm³/mol. The highest BCUT2D eigenvalue weighted by Crippen LogP contribution is 2.51. The first kappa shape index (κ1) is 15.5. The molecule has 3 aliphatic rings. The second-order valence-electron chi connectivity index (χ2n) is 7.05. The molecule has 26 heavy (non-hydrogen) atoms. The number of likely N-dealkylation sites (tertiary alicyclic amines) is 1. The summed E-state index contributed by atoms with van der Waals surface area (Å²) in [5.74, 6) is 0.00395. The highest BCUT2D eigenvalue weighted by atomic mass is 16.5. The first-order valence-corrected chi connectivity index (χ1v) is 8.93. The van der Waals surface area contributed by atoms with Crippen molar-refractivity contribution < 1.29 is 14.3 Å². The Kier molecular flexibility index (Phi) is 3.37. The molecule has 4 heterocycles. The van der Waals surface area contributed by atoms with Crippen molar-refractivity contribution in [1.82, 2.24) is 14.8 Å². The molecule has 1 aromatic carbocycles. The molecule has 6 nitrogen and oxygen atoms in total. The van der Waals surface area contributed by atoms with Gasteiger partial charge in [-0.15, -0.1) is 0 Å². The molecule has 0 bridgehead atoms. The van der Waals surface area contributed by atoms with E-state index in [-0.39, 0.29) is 23.9 Å². The number of aromatic nitrogens is 1. The summed E-state index contributed by atoms with van der Waals surface area (Å²) in [6.07, 6.45) is 4.20. The molecule has 0 radical (unpaired) electrons. The fourth-order valence-corrected chi connectivity index (χ4v) is 4.67. The molecule has 0 saturated carbocycles. The van der Waals surface area contributed by atoms with Gasteiger partial charge in [-0.1, -0.05) is 30.3 Å². The van der Waals surface area contributed by atoms with Crippen molar-refractivity contribution in [3.63, 3.8) is 0 Å². The molecule has 0 aliphatic carbocycles. The number of pyridine rings is 1. The summed E-state index contributed by atoms with van der Waals surface area (Å²) in [6, 6.07) is 13.1. The number of rotatable bonds is 2. The van der Waals surface area contributed by atoms with Crippen molar-refractivity contribution in [2.45, 2.75) is 30.7 Å². The quantitative estimate of drug-likeness (QED) is 0.832. The molecule has 0 N–H and O–H groups in total. The Hall–Kier alpha value is -2.73. The normalized spacial score (nSPS) is 29.8. The summed E-state index contributed by atoms with van der Waals surface area (Å²) >= 11 is 0. The summed E-state index contributed by atoms with van der Waals surface area (Å²) in [4.78, 5) is 33.5. The van der Waals surface area contributed by atoms with Crippen LogP contribution in [0.3, 0.4) is 0 Å². The van der Waals surface area contributed by atoms with Crippen molar-refractivity contribution >= 4 is 11.8 Å². The van der Waals surface area contributed by atoms with E-state index < -0.39 is 5.72 Å². The number of hydrogen-bond acceptors (Lipinski definition) is 4. The summed E-state index contributed by atoms with van der Waals surface area (Å²) in [7, 11) is 0. The van der Waals surface area contributed by atoms with Gasteiger partial charge in [-0.05, 0) is 17.7 Å². The number of carbonyl (C=O) groups is 2. The van der Waals surface area contributed by atoms with E-state index in [4.69, 9.17) is 4.74 Å². The van der Waals surface area contributed by atoms with E-state index in [1.165, 1.54) is 0 Å². The van der Waals surface area contributed by atoms with E-state index in [9.17, 15) is 9.59 Å². The lowest BCUT2D eigenvalue weighted by Crippen LogP contribution is -2.49. The second-order valence-corrected chi connectivity index (χ2v) is 7.05. The molecule has 3 atom stereocenters. The van der Waals surface area contributed by atoms with E-state index in [1.807, 2.05) is 35.2 Å². The fraction of sp³-hybridized carbons (Fsp3) is 0.350. The minimum Gasteiger partial charge on any atom is -0.351 e. The maximum Gasteiger partial charge on any atom is 0.254 e. The van der Waals surface area contributed by atoms with Gasteiger partial charge >= 0.3 is 0 Å². The van der Waals surface area contributed by atoms with Crippen LogP contribution in [0.15, 0.2) is 54.9 Å². The molecular weight excluding hydrogens is 330 g/mol. The third kappa shape index (κ3) is 2.05. The van der Waals surface area contributed by atoms with Crippen molar-refractivity contribution in [2.75, 3.05) is 13.2 Å². The first-order chi connectivity index (χ1) is 12.7. The van der Waals surface area contributed by atoms with Crippen LogP contribution in [0.1, 0.15) is 34.8 Å². The molecule has 5 rings (SSSR count). The number of benzene rings is 1. The topological polar surface area (TPSA) is 62.7 Å². The van der Waals surface area contributed by atoms with Crippen molar-refractivity contribution in [3.05, 3.63) is 66.0 Å². The molecule has 3 fully saturated rings. The molecule has 1 aromatic heterocycles. The van der Waals surface area contributed by atoms with E-state index in [1.54, 1.807) is 29.4 Å². The lowest BCUT2D eigenvalue weighted by molar-refractivity contribution is -0.138. The van der Waals surface area contributed by atoms with Gasteiger partial charge in [0.2, 0.25) is 5.91 Å². The van der Waals surface area contributed by atoms with Crippen LogP contribution in [0.25, 0.3) is 0 Å². The smallest absolute Gasteiger partial charge is 0.254 e. The zero-order valence-corrected chi connectivity index (χ0v) is 14.2. The van der Waals surface area contributed by atoms with Crippen molar-refractivity contribution in [1.29, 1.82) is 0 Å². The fourth-order valence-electron chi connectivity index (χ4n) is 4.67. The standard InChI is InChI=1S/C20H19N3O3/c24-18-12-17-20(8-11-22(17)19(25)15-6-9-21-10-7-15)23(18)16(13-26-20)14-4-2-1-3-5-14/h1-7,9-10,16-17H,8,11-13H2/t16-,17+,20-/m0/s1. The molecule has 3 aliphatic heterocycles. The molecule has 0 unspecified atom stereocenters. The molecule has 6 heteroatoms. The van der Waals surface area contributed by atoms with Crippen LogP contribution in [0, 0.1) is 0 Å². The van der Waals surface area contributed by atoms with E-state index in [2.05, 4.69) is 4.98 Å². The van der Waals surface area contributed by atoms with Crippen LogP contribution in [0.4, 0.5) is 0 Å². The summed E-state index contributed by atoms with van der Waals surface area (Å²) in [5.41, 5.74) is 0.998. The largest absolute Gasteiger partial charge is 0.351 e. The van der Waals surface area contributed by atoms with Crippen LogP contribution in [-0.4, -0.2) is 51.5 Å². The average molecular weight is 349 g/mol. The number of ether oxygens (including phenoxy) is 1. The monoisotopic (exact) mass is 349 g/mol. The summed E-state index contributed by atoms with van der Waals surface area (Å²) in [6.45, 7) is 1.07. The van der Waals surface area contributed by atoms with E-state index >= 15 is 0 Å². The average Bonchev–Trinajstić information content (AvgIpc) is 3.32. The number of hydrogen-bond donors (Lipinski definition) is 0. The molecule has 1 spiro atoms. The van der Waals surface area contributed by atoms with Gasteiger partial charge in [-0.25, -0.2) is 0 Å². The van der Waals surface area contributed by atoms with Gasteiger partial charge in [0.15, 0.2) is 5.72 Å². The predicted octanol–water partition coefficient (Wildman–Crippen LogP) is 2.00. The van der Waals surface area contributed by atoms with Crippen LogP contribution in [0.5, 0.6) is 0 Å². The minimum atomic E-state index is -0.680. The van der Waals surface area contributed by atoms with Crippen molar-refractivity contribution in [2.24, 2.45) is 0 Å². The highest BCUT2D eigenvalue weighted by molar-refractivity contribution is 5.95. The van der Waals surface area contributed by atoms with Gasteiger partial charge in [0.1, 0.15) is 0 Å². The van der Waals surface area contributed by atoms with Gasteiger partial charge in [-0.3, -0.25) is 14.6 Å². The maximum atomic E-state index is 12.9. The van der Waals surface area contributed by atoms with E-state index in [0.29, 0.717) is 31.6 Å². The Morgan fingerprint density at radius 2 is 1.92 bits per heavy atom. The number of carbonyl (C=O) groups excluding carboxylic acids is 2. The Morgan fingerprint density at radius 1 is 1.15 bits per heavy atom. The van der Waals surface area contributed by atoms with Gasteiger partial charge in [0, 0.05) is 30.9 Å². The molecule has 2 amide bonds. The Bertz CT molecular complexity index is 857. The Balaban J connectivity index is 1.47. The zero-order valence-electron chi connectivity index (χ0n) is 14.2.